The molecule has 1 aromatic heterocycles. The Morgan fingerprint density at radius 2 is 1.95 bits per heavy atom. The Bertz CT molecular complexity index is 725. The fourth-order valence-electron chi connectivity index (χ4n) is 2.91. The SMILES string of the molecule is CCn1ccnc1C(Cc1cccc2ccccc12)NC. The number of aromatic nitrogens is 2. The van der Waals surface area contributed by atoms with Crippen molar-refractivity contribution in [3.63, 3.8) is 0 Å². The van der Waals surface area contributed by atoms with Gasteiger partial charge in [0, 0.05) is 18.9 Å². The van der Waals surface area contributed by atoms with Crippen molar-refractivity contribution >= 4 is 10.8 Å². The van der Waals surface area contributed by atoms with Gasteiger partial charge in [0.15, 0.2) is 0 Å². The molecule has 21 heavy (non-hydrogen) atoms. The van der Waals surface area contributed by atoms with E-state index in [1.807, 2.05) is 19.4 Å². The fraction of sp³-hybridized carbons (Fsp3) is 0.278. The van der Waals surface area contributed by atoms with Crippen LogP contribution in [0.15, 0.2) is 54.9 Å². The van der Waals surface area contributed by atoms with Crippen LogP contribution in [0.25, 0.3) is 10.8 Å². The van der Waals surface area contributed by atoms with Gasteiger partial charge in [0.25, 0.3) is 0 Å². The molecule has 3 rings (SSSR count). The molecule has 0 aliphatic rings. The second kappa shape index (κ2) is 6.10. The third kappa shape index (κ3) is 2.69. The predicted octanol–water partition coefficient (Wildman–Crippen LogP) is 3.56. The van der Waals surface area contributed by atoms with E-state index >= 15 is 0 Å². The van der Waals surface area contributed by atoms with Gasteiger partial charge in [0.1, 0.15) is 5.82 Å². The minimum Gasteiger partial charge on any atom is -0.334 e. The lowest BCUT2D eigenvalue weighted by Crippen LogP contribution is -2.23. The minimum atomic E-state index is 0.228. The zero-order valence-electron chi connectivity index (χ0n) is 12.6. The predicted molar refractivity (Wildman–Crippen MR) is 87.4 cm³/mol. The molecule has 1 N–H and O–H groups in total. The lowest BCUT2D eigenvalue weighted by molar-refractivity contribution is 0.524. The molecular formula is C18H21N3. The van der Waals surface area contributed by atoms with E-state index in [2.05, 4.69) is 64.3 Å². The van der Waals surface area contributed by atoms with Gasteiger partial charge in [-0.25, -0.2) is 4.98 Å². The quantitative estimate of drug-likeness (QED) is 0.774. The van der Waals surface area contributed by atoms with E-state index in [9.17, 15) is 0 Å². The average molecular weight is 279 g/mol. The van der Waals surface area contributed by atoms with Crippen molar-refractivity contribution in [1.82, 2.24) is 14.9 Å². The van der Waals surface area contributed by atoms with Gasteiger partial charge in [0.2, 0.25) is 0 Å². The summed E-state index contributed by atoms with van der Waals surface area (Å²) in [5, 5.41) is 6.03. The average Bonchev–Trinajstić information content (AvgIpc) is 3.01. The molecule has 1 atom stereocenters. The van der Waals surface area contributed by atoms with Gasteiger partial charge >= 0.3 is 0 Å². The summed E-state index contributed by atoms with van der Waals surface area (Å²) in [5.41, 5.74) is 1.36. The molecule has 0 saturated carbocycles. The summed E-state index contributed by atoms with van der Waals surface area (Å²) in [5.74, 6) is 1.10. The van der Waals surface area contributed by atoms with E-state index < -0.39 is 0 Å². The maximum atomic E-state index is 4.53. The second-order valence-electron chi connectivity index (χ2n) is 5.26. The number of nitrogens with one attached hydrogen (secondary N) is 1. The summed E-state index contributed by atoms with van der Waals surface area (Å²) in [6.07, 6.45) is 4.86. The Morgan fingerprint density at radius 3 is 2.76 bits per heavy atom. The van der Waals surface area contributed by atoms with Gasteiger partial charge in [-0.15, -0.1) is 0 Å². The summed E-state index contributed by atoms with van der Waals surface area (Å²) in [6, 6.07) is 15.3. The van der Waals surface area contributed by atoms with Crippen molar-refractivity contribution in [2.75, 3.05) is 7.05 Å². The molecule has 1 heterocycles. The molecule has 108 valence electrons. The van der Waals surface area contributed by atoms with Crippen LogP contribution >= 0.6 is 0 Å². The maximum absolute atomic E-state index is 4.53. The number of rotatable bonds is 5. The Balaban J connectivity index is 1.96. The molecule has 0 bridgehead atoms. The van der Waals surface area contributed by atoms with Crippen molar-refractivity contribution in [1.29, 1.82) is 0 Å². The van der Waals surface area contributed by atoms with E-state index in [1.165, 1.54) is 16.3 Å². The Morgan fingerprint density at radius 1 is 1.14 bits per heavy atom. The first-order valence-electron chi connectivity index (χ1n) is 7.48. The second-order valence-corrected chi connectivity index (χ2v) is 5.26. The van der Waals surface area contributed by atoms with Crippen LogP contribution in [-0.4, -0.2) is 16.6 Å². The topological polar surface area (TPSA) is 29.9 Å². The largest absolute Gasteiger partial charge is 0.334 e. The molecule has 2 aromatic carbocycles. The first-order valence-corrected chi connectivity index (χ1v) is 7.48. The van der Waals surface area contributed by atoms with Crippen LogP contribution in [0.5, 0.6) is 0 Å². The number of nitrogens with zero attached hydrogens (tertiary/aromatic N) is 2. The van der Waals surface area contributed by atoms with Crippen molar-refractivity contribution in [3.05, 3.63) is 66.2 Å². The third-order valence-electron chi connectivity index (χ3n) is 4.05. The van der Waals surface area contributed by atoms with Gasteiger partial charge in [-0.1, -0.05) is 42.5 Å². The number of imidazole rings is 1. The zero-order valence-corrected chi connectivity index (χ0v) is 12.6. The van der Waals surface area contributed by atoms with E-state index in [-0.39, 0.29) is 6.04 Å². The van der Waals surface area contributed by atoms with Crippen LogP contribution in [0.4, 0.5) is 0 Å². The molecule has 0 amide bonds. The molecule has 0 aliphatic heterocycles. The van der Waals surface area contributed by atoms with Crippen molar-refractivity contribution < 1.29 is 0 Å². The Kier molecular flexibility index (Phi) is 4.02. The van der Waals surface area contributed by atoms with Crippen molar-refractivity contribution in [2.24, 2.45) is 0 Å². The molecule has 3 nitrogen and oxygen atoms in total. The number of fused-ring (bicyclic) bond motifs is 1. The summed E-state index contributed by atoms with van der Waals surface area (Å²) < 4.78 is 2.20. The van der Waals surface area contributed by atoms with Crippen LogP contribution in [0.3, 0.4) is 0 Å². The monoisotopic (exact) mass is 279 g/mol. The van der Waals surface area contributed by atoms with E-state index in [0.717, 1.165) is 18.8 Å². The maximum Gasteiger partial charge on any atom is 0.126 e. The summed E-state index contributed by atoms with van der Waals surface area (Å²) in [6.45, 7) is 3.10. The Hall–Kier alpha value is -2.13. The van der Waals surface area contributed by atoms with E-state index in [1.54, 1.807) is 0 Å². The molecule has 1 unspecified atom stereocenters. The smallest absolute Gasteiger partial charge is 0.126 e. The standard InChI is InChI=1S/C18H21N3/c1-3-21-12-11-20-18(21)17(19-2)13-15-9-6-8-14-7-4-5-10-16(14)15/h4-12,17,19H,3,13H2,1-2H3. The number of hydrogen-bond acceptors (Lipinski definition) is 2. The minimum absolute atomic E-state index is 0.228. The molecule has 0 radical (unpaired) electrons. The summed E-state index contributed by atoms with van der Waals surface area (Å²) in [7, 11) is 2.00. The van der Waals surface area contributed by atoms with E-state index in [0.29, 0.717) is 0 Å². The van der Waals surface area contributed by atoms with Gasteiger partial charge in [-0.3, -0.25) is 0 Å². The molecule has 0 saturated heterocycles. The third-order valence-corrected chi connectivity index (χ3v) is 4.05. The highest BCUT2D eigenvalue weighted by Gasteiger charge is 2.16. The lowest BCUT2D eigenvalue weighted by Gasteiger charge is -2.18. The number of aryl methyl sites for hydroxylation is 1. The van der Waals surface area contributed by atoms with Gasteiger partial charge in [0.05, 0.1) is 6.04 Å². The lowest BCUT2D eigenvalue weighted by atomic mass is 9.98. The van der Waals surface area contributed by atoms with Crippen LogP contribution < -0.4 is 5.32 Å². The van der Waals surface area contributed by atoms with Gasteiger partial charge in [-0.05, 0) is 36.7 Å². The highest BCUT2D eigenvalue weighted by Crippen LogP contribution is 2.24. The Labute approximate surface area is 125 Å². The molecule has 0 fully saturated rings. The molecule has 0 spiro atoms. The van der Waals surface area contributed by atoms with Crippen molar-refractivity contribution in [3.8, 4) is 0 Å². The number of benzene rings is 2. The normalized spacial score (nSPS) is 12.7. The van der Waals surface area contributed by atoms with E-state index in [4.69, 9.17) is 0 Å². The summed E-state index contributed by atoms with van der Waals surface area (Å²) >= 11 is 0. The highest BCUT2D eigenvalue weighted by molar-refractivity contribution is 5.85. The molecular weight excluding hydrogens is 258 g/mol. The van der Waals surface area contributed by atoms with Gasteiger partial charge in [-0.2, -0.15) is 0 Å². The first kappa shape index (κ1) is 13.8. The zero-order chi connectivity index (χ0) is 14.7. The van der Waals surface area contributed by atoms with Crippen LogP contribution in [0.1, 0.15) is 24.4 Å². The molecule has 3 aromatic rings. The highest BCUT2D eigenvalue weighted by atomic mass is 15.1. The summed E-state index contributed by atoms with van der Waals surface area (Å²) in [4.78, 5) is 4.53. The number of likely N-dealkylation sites (N-methyl/N-ethyl adjacent to an activating group) is 1. The van der Waals surface area contributed by atoms with Crippen LogP contribution in [-0.2, 0) is 13.0 Å². The fourth-order valence-corrected chi connectivity index (χ4v) is 2.91. The van der Waals surface area contributed by atoms with Crippen LogP contribution in [0.2, 0.25) is 0 Å². The van der Waals surface area contributed by atoms with Crippen molar-refractivity contribution in [2.45, 2.75) is 25.9 Å². The number of hydrogen-bond donors (Lipinski definition) is 1. The van der Waals surface area contributed by atoms with Gasteiger partial charge < -0.3 is 9.88 Å². The molecule has 0 aliphatic carbocycles. The van der Waals surface area contributed by atoms with Crippen LogP contribution in [0, 0.1) is 0 Å². The molecule has 3 heteroatoms. The first-order chi connectivity index (χ1) is 10.3.